The highest BCUT2D eigenvalue weighted by atomic mass is 32.2. The highest BCUT2D eigenvalue weighted by Crippen LogP contribution is 2.52. The third-order valence-corrected chi connectivity index (χ3v) is 3.18. The van der Waals surface area contributed by atoms with Crippen LogP contribution in [0.5, 0.6) is 0 Å². The first-order valence-corrected chi connectivity index (χ1v) is 3.56. The van der Waals surface area contributed by atoms with E-state index in [-0.39, 0.29) is 0 Å². The molecule has 2 fully saturated rings. The van der Waals surface area contributed by atoms with E-state index in [0.29, 0.717) is 0 Å². The molecule has 1 heterocycles. The van der Waals surface area contributed by atoms with E-state index in [2.05, 4.69) is 11.8 Å². The van der Waals surface area contributed by atoms with Crippen LogP contribution in [0.2, 0.25) is 0 Å². The summed E-state index contributed by atoms with van der Waals surface area (Å²) in [5.74, 6) is 0. The van der Waals surface area contributed by atoms with Crippen molar-refractivity contribution >= 4 is 11.8 Å². The molecule has 0 N–H and O–H groups in total. The molecular formula is C5H8S. The SMILES string of the molecule is C1C[C@@H]2S[C@@H]2C1. The fourth-order valence-corrected chi connectivity index (χ4v) is 2.44. The minimum absolute atomic E-state index is 1.13. The van der Waals surface area contributed by atoms with Crippen LogP contribution in [0.25, 0.3) is 0 Å². The van der Waals surface area contributed by atoms with Gasteiger partial charge in [-0.3, -0.25) is 0 Å². The Morgan fingerprint density at radius 2 is 1.83 bits per heavy atom. The zero-order chi connectivity index (χ0) is 3.98. The molecule has 0 aromatic rings. The fraction of sp³-hybridized carbons (Fsp3) is 1.00. The van der Waals surface area contributed by atoms with E-state index in [1.165, 1.54) is 19.3 Å². The largest absolute Gasteiger partial charge is 0.153 e. The first-order chi connectivity index (χ1) is 2.97. The minimum atomic E-state index is 1.13. The Balaban J connectivity index is 2.09. The molecule has 2 aliphatic rings. The quantitative estimate of drug-likeness (QED) is 0.417. The highest BCUT2D eigenvalue weighted by Gasteiger charge is 2.41. The zero-order valence-corrected chi connectivity index (χ0v) is 4.50. The molecule has 1 heteroatoms. The van der Waals surface area contributed by atoms with Gasteiger partial charge in [-0.2, -0.15) is 11.8 Å². The van der Waals surface area contributed by atoms with Crippen LogP contribution in [0.1, 0.15) is 19.3 Å². The lowest BCUT2D eigenvalue weighted by Gasteiger charge is -1.80. The average Bonchev–Trinajstić information content (AvgIpc) is 2.17. The molecule has 0 spiro atoms. The van der Waals surface area contributed by atoms with Crippen molar-refractivity contribution in [3.63, 3.8) is 0 Å². The van der Waals surface area contributed by atoms with Crippen molar-refractivity contribution in [1.29, 1.82) is 0 Å². The van der Waals surface area contributed by atoms with Crippen LogP contribution in [0.4, 0.5) is 0 Å². The number of rotatable bonds is 0. The van der Waals surface area contributed by atoms with E-state index in [1.807, 2.05) is 0 Å². The summed E-state index contributed by atoms with van der Waals surface area (Å²) in [6.07, 6.45) is 4.56. The summed E-state index contributed by atoms with van der Waals surface area (Å²) in [6, 6.07) is 0. The van der Waals surface area contributed by atoms with Gasteiger partial charge in [0.15, 0.2) is 0 Å². The standard InChI is InChI=1S/C5H8S/c1-2-4-5(3-1)6-4/h4-5H,1-3H2/t4-,5+. The third kappa shape index (κ3) is 0.320. The number of thioether (sulfide) groups is 1. The minimum Gasteiger partial charge on any atom is -0.153 e. The summed E-state index contributed by atoms with van der Waals surface area (Å²) in [6.45, 7) is 0. The summed E-state index contributed by atoms with van der Waals surface area (Å²) in [5.41, 5.74) is 0. The molecule has 6 heavy (non-hydrogen) atoms. The molecule has 2 atom stereocenters. The molecule has 2 rings (SSSR count). The van der Waals surface area contributed by atoms with Crippen LogP contribution in [0.15, 0.2) is 0 Å². The van der Waals surface area contributed by atoms with Gasteiger partial charge in [-0.05, 0) is 12.8 Å². The van der Waals surface area contributed by atoms with E-state index in [9.17, 15) is 0 Å². The van der Waals surface area contributed by atoms with Gasteiger partial charge < -0.3 is 0 Å². The van der Waals surface area contributed by atoms with Crippen molar-refractivity contribution in [2.45, 2.75) is 29.8 Å². The first-order valence-electron chi connectivity index (χ1n) is 2.62. The number of fused-ring (bicyclic) bond motifs is 1. The van der Waals surface area contributed by atoms with E-state index >= 15 is 0 Å². The molecule has 0 bridgehead atoms. The van der Waals surface area contributed by atoms with Gasteiger partial charge in [0.2, 0.25) is 0 Å². The monoisotopic (exact) mass is 100 g/mol. The molecule has 34 valence electrons. The molecule has 1 aliphatic carbocycles. The lowest BCUT2D eigenvalue weighted by atomic mass is 10.4. The van der Waals surface area contributed by atoms with Gasteiger partial charge >= 0.3 is 0 Å². The molecule has 1 saturated carbocycles. The zero-order valence-electron chi connectivity index (χ0n) is 3.68. The van der Waals surface area contributed by atoms with Crippen molar-refractivity contribution in [2.75, 3.05) is 0 Å². The Kier molecular flexibility index (Phi) is 0.530. The first kappa shape index (κ1) is 3.36. The van der Waals surface area contributed by atoms with Crippen LogP contribution in [-0.4, -0.2) is 10.5 Å². The van der Waals surface area contributed by atoms with Gasteiger partial charge in [0.1, 0.15) is 0 Å². The van der Waals surface area contributed by atoms with E-state index < -0.39 is 0 Å². The van der Waals surface area contributed by atoms with Gasteiger partial charge in [-0.15, -0.1) is 0 Å². The Bertz CT molecular complexity index is 62.3. The maximum atomic E-state index is 2.18. The third-order valence-electron chi connectivity index (χ3n) is 1.66. The second-order valence-electron chi connectivity index (χ2n) is 2.14. The Morgan fingerprint density at radius 1 is 1.17 bits per heavy atom. The molecule has 1 aliphatic heterocycles. The van der Waals surface area contributed by atoms with Crippen molar-refractivity contribution in [1.82, 2.24) is 0 Å². The molecule has 0 aromatic carbocycles. The van der Waals surface area contributed by atoms with E-state index in [1.54, 1.807) is 0 Å². The second-order valence-corrected chi connectivity index (χ2v) is 3.63. The van der Waals surface area contributed by atoms with Crippen LogP contribution in [-0.2, 0) is 0 Å². The normalized spacial score (nSPS) is 52.0. The molecule has 1 saturated heterocycles. The van der Waals surface area contributed by atoms with Crippen molar-refractivity contribution in [2.24, 2.45) is 0 Å². The summed E-state index contributed by atoms with van der Waals surface area (Å²) in [5, 5.41) is 2.26. The summed E-state index contributed by atoms with van der Waals surface area (Å²) in [7, 11) is 0. The van der Waals surface area contributed by atoms with Crippen LogP contribution in [0.3, 0.4) is 0 Å². The lowest BCUT2D eigenvalue weighted by Crippen LogP contribution is -1.74. The molecule has 0 amide bonds. The van der Waals surface area contributed by atoms with Gasteiger partial charge in [0.25, 0.3) is 0 Å². The maximum Gasteiger partial charge on any atom is 0.0169 e. The van der Waals surface area contributed by atoms with Gasteiger partial charge in [0.05, 0.1) is 0 Å². The summed E-state index contributed by atoms with van der Waals surface area (Å²) in [4.78, 5) is 0. The van der Waals surface area contributed by atoms with Gasteiger partial charge in [0, 0.05) is 10.5 Å². The van der Waals surface area contributed by atoms with Crippen LogP contribution < -0.4 is 0 Å². The van der Waals surface area contributed by atoms with Crippen molar-refractivity contribution < 1.29 is 0 Å². The topological polar surface area (TPSA) is 0 Å². The molecule has 0 unspecified atom stereocenters. The molecular weight excluding hydrogens is 92.1 g/mol. The molecule has 0 radical (unpaired) electrons. The number of hydrogen-bond donors (Lipinski definition) is 0. The number of hydrogen-bond acceptors (Lipinski definition) is 1. The fourth-order valence-electron chi connectivity index (χ4n) is 1.21. The van der Waals surface area contributed by atoms with Crippen LogP contribution in [0, 0.1) is 0 Å². The predicted octanol–water partition coefficient (Wildman–Crippen LogP) is 1.65. The Hall–Kier alpha value is 0.350. The smallest absolute Gasteiger partial charge is 0.0169 e. The Labute approximate surface area is 42.3 Å². The summed E-state index contributed by atoms with van der Waals surface area (Å²) < 4.78 is 0. The molecule has 0 aromatic heterocycles. The van der Waals surface area contributed by atoms with Crippen LogP contribution >= 0.6 is 11.8 Å². The van der Waals surface area contributed by atoms with Crippen molar-refractivity contribution in [3.8, 4) is 0 Å². The molecule has 0 nitrogen and oxygen atoms in total. The van der Waals surface area contributed by atoms with E-state index in [0.717, 1.165) is 10.5 Å². The summed E-state index contributed by atoms with van der Waals surface area (Å²) >= 11 is 2.18. The maximum absolute atomic E-state index is 2.18. The lowest BCUT2D eigenvalue weighted by molar-refractivity contribution is 0.880. The Morgan fingerprint density at radius 3 is 2.00 bits per heavy atom. The second kappa shape index (κ2) is 0.945. The van der Waals surface area contributed by atoms with Crippen molar-refractivity contribution in [3.05, 3.63) is 0 Å². The highest BCUT2D eigenvalue weighted by molar-refractivity contribution is 8.07. The van der Waals surface area contributed by atoms with Gasteiger partial charge in [-0.1, -0.05) is 6.42 Å². The van der Waals surface area contributed by atoms with E-state index in [4.69, 9.17) is 0 Å². The average molecular weight is 100 g/mol. The predicted molar refractivity (Wildman–Crippen MR) is 29.0 cm³/mol. The van der Waals surface area contributed by atoms with Gasteiger partial charge in [-0.25, -0.2) is 0 Å².